The first-order valence-corrected chi connectivity index (χ1v) is 6.34. The van der Waals surface area contributed by atoms with Crippen molar-refractivity contribution in [1.29, 1.82) is 5.41 Å². The monoisotopic (exact) mass is 305 g/mol. The zero-order valence-electron chi connectivity index (χ0n) is 11.1. The lowest BCUT2D eigenvalue weighted by Gasteiger charge is -2.13. The number of nitro groups is 1. The van der Waals surface area contributed by atoms with Gasteiger partial charge in [0.2, 0.25) is 0 Å². The first-order valence-electron chi connectivity index (χ1n) is 5.96. The Kier molecular flexibility index (Phi) is 4.09. The average Bonchev–Trinajstić information content (AvgIpc) is 2.40. The van der Waals surface area contributed by atoms with Crippen molar-refractivity contribution in [3.05, 3.63) is 62.7 Å². The van der Waals surface area contributed by atoms with Crippen LogP contribution in [-0.4, -0.2) is 10.8 Å². The van der Waals surface area contributed by atoms with E-state index in [4.69, 9.17) is 27.5 Å². The average molecular weight is 306 g/mol. The van der Waals surface area contributed by atoms with Crippen molar-refractivity contribution in [3.63, 3.8) is 0 Å². The summed E-state index contributed by atoms with van der Waals surface area (Å²) in [5.41, 5.74) is 6.09. The highest BCUT2D eigenvalue weighted by molar-refractivity contribution is 6.34. The molecule has 0 aliphatic rings. The highest BCUT2D eigenvalue weighted by atomic mass is 35.5. The van der Waals surface area contributed by atoms with Crippen LogP contribution in [0.2, 0.25) is 5.02 Å². The molecule has 0 aliphatic carbocycles. The number of ether oxygens (including phenoxy) is 1. The fourth-order valence-corrected chi connectivity index (χ4v) is 2.15. The van der Waals surface area contributed by atoms with Gasteiger partial charge in [-0.25, -0.2) is 0 Å². The van der Waals surface area contributed by atoms with E-state index in [2.05, 4.69) is 0 Å². The second-order valence-corrected chi connectivity index (χ2v) is 4.69. The molecule has 0 bridgehead atoms. The Morgan fingerprint density at radius 1 is 1.29 bits per heavy atom. The predicted molar refractivity (Wildman–Crippen MR) is 80.4 cm³/mol. The summed E-state index contributed by atoms with van der Waals surface area (Å²) in [6, 6.07) is 9.36. The van der Waals surface area contributed by atoms with Gasteiger partial charge in [0.15, 0.2) is 0 Å². The number of nitrogens with one attached hydrogen (secondary N) is 1. The van der Waals surface area contributed by atoms with Crippen molar-refractivity contribution in [2.45, 2.75) is 6.92 Å². The molecule has 6 nitrogen and oxygen atoms in total. The normalized spacial score (nSPS) is 10.2. The first kappa shape index (κ1) is 14.8. The molecule has 3 N–H and O–H groups in total. The van der Waals surface area contributed by atoms with E-state index in [0.29, 0.717) is 11.3 Å². The van der Waals surface area contributed by atoms with Crippen molar-refractivity contribution < 1.29 is 9.66 Å². The summed E-state index contributed by atoms with van der Waals surface area (Å²) < 4.78 is 5.66. The molecule has 2 rings (SSSR count). The van der Waals surface area contributed by atoms with Crippen molar-refractivity contribution in [1.82, 2.24) is 0 Å². The number of nitrogens with zero attached hydrogens (tertiary/aromatic N) is 1. The molecule has 0 unspecified atom stereocenters. The zero-order valence-corrected chi connectivity index (χ0v) is 11.8. The van der Waals surface area contributed by atoms with Crippen LogP contribution in [0, 0.1) is 22.4 Å². The number of nitrogen functional groups attached to an aromatic ring is 1. The predicted octanol–water partition coefficient (Wildman–Crippen LogP) is 3.63. The molecular formula is C14H12ClN3O3. The van der Waals surface area contributed by atoms with Gasteiger partial charge in [-0.15, -0.1) is 0 Å². The molecule has 0 fully saturated rings. The van der Waals surface area contributed by atoms with E-state index in [0.717, 1.165) is 0 Å². The fourth-order valence-electron chi connectivity index (χ4n) is 1.88. The molecule has 0 atom stereocenters. The quantitative estimate of drug-likeness (QED) is 0.389. The molecule has 0 radical (unpaired) electrons. The molecule has 0 aliphatic heterocycles. The van der Waals surface area contributed by atoms with Crippen LogP contribution in [-0.2, 0) is 0 Å². The van der Waals surface area contributed by atoms with Crippen LogP contribution in [0.3, 0.4) is 0 Å². The Hall–Kier alpha value is -2.60. The van der Waals surface area contributed by atoms with Crippen molar-refractivity contribution >= 4 is 23.1 Å². The van der Waals surface area contributed by atoms with Crippen LogP contribution in [0.5, 0.6) is 11.5 Å². The molecule has 0 heterocycles. The molecule has 0 saturated carbocycles. The van der Waals surface area contributed by atoms with E-state index >= 15 is 0 Å². The Morgan fingerprint density at radius 3 is 2.52 bits per heavy atom. The zero-order chi connectivity index (χ0) is 15.6. The third kappa shape index (κ3) is 2.95. The summed E-state index contributed by atoms with van der Waals surface area (Å²) >= 11 is 6.00. The van der Waals surface area contributed by atoms with E-state index in [-0.39, 0.29) is 27.9 Å². The van der Waals surface area contributed by atoms with Gasteiger partial charge in [0.25, 0.3) is 5.69 Å². The molecule has 0 amide bonds. The van der Waals surface area contributed by atoms with Crippen molar-refractivity contribution in [2.24, 2.45) is 5.73 Å². The molecule has 0 saturated heterocycles. The largest absolute Gasteiger partial charge is 0.456 e. The number of amidine groups is 1. The Morgan fingerprint density at radius 2 is 1.90 bits per heavy atom. The summed E-state index contributed by atoms with van der Waals surface area (Å²) in [6.07, 6.45) is 0. The number of benzene rings is 2. The summed E-state index contributed by atoms with van der Waals surface area (Å²) in [4.78, 5) is 10.5. The second kappa shape index (κ2) is 5.80. The highest BCUT2D eigenvalue weighted by Crippen LogP contribution is 2.34. The van der Waals surface area contributed by atoms with E-state index in [9.17, 15) is 10.1 Å². The minimum atomic E-state index is -0.480. The van der Waals surface area contributed by atoms with Crippen molar-refractivity contribution in [3.8, 4) is 11.5 Å². The molecule has 0 spiro atoms. The molecule has 2 aromatic rings. The molecule has 2 aromatic carbocycles. The smallest absolute Gasteiger partial charge is 0.276 e. The minimum Gasteiger partial charge on any atom is -0.456 e. The summed E-state index contributed by atoms with van der Waals surface area (Å²) in [5, 5.41) is 18.8. The van der Waals surface area contributed by atoms with Gasteiger partial charge < -0.3 is 10.5 Å². The van der Waals surface area contributed by atoms with Gasteiger partial charge in [-0.3, -0.25) is 15.5 Å². The maximum atomic E-state index is 10.9. The molecule has 0 aromatic heterocycles. The van der Waals surface area contributed by atoms with E-state index in [1.54, 1.807) is 31.2 Å². The number of hydrogen-bond acceptors (Lipinski definition) is 4. The molecule has 7 heteroatoms. The standard InChI is InChI=1S/C14H12ClN3O3/c1-8-10(18(19)20)5-3-6-11(8)21-12-7-2-4-9(15)13(12)14(16)17/h2-7H,1H3,(H3,16,17). The number of nitrogens with two attached hydrogens (primary N) is 1. The molecule has 21 heavy (non-hydrogen) atoms. The molecule has 108 valence electrons. The Labute approximate surface area is 125 Å². The second-order valence-electron chi connectivity index (χ2n) is 4.29. The van der Waals surface area contributed by atoms with Crippen molar-refractivity contribution in [2.75, 3.05) is 0 Å². The van der Waals surface area contributed by atoms with E-state index < -0.39 is 4.92 Å². The Bertz CT molecular complexity index is 731. The van der Waals surface area contributed by atoms with E-state index in [1.807, 2.05) is 0 Å². The highest BCUT2D eigenvalue weighted by Gasteiger charge is 2.17. The first-order chi connectivity index (χ1) is 9.91. The topological polar surface area (TPSA) is 102 Å². The van der Waals surface area contributed by atoms with Crippen LogP contribution < -0.4 is 10.5 Å². The lowest BCUT2D eigenvalue weighted by molar-refractivity contribution is -0.385. The maximum Gasteiger partial charge on any atom is 0.276 e. The third-order valence-corrected chi connectivity index (χ3v) is 3.23. The maximum absolute atomic E-state index is 10.9. The van der Waals surface area contributed by atoms with Gasteiger partial charge in [0, 0.05) is 6.07 Å². The van der Waals surface area contributed by atoms with Crippen LogP contribution in [0.25, 0.3) is 0 Å². The SMILES string of the molecule is Cc1c(Oc2cccc(Cl)c2C(=N)N)cccc1[N+](=O)[O-]. The number of rotatable bonds is 4. The van der Waals surface area contributed by atoms with Gasteiger partial charge in [-0.2, -0.15) is 0 Å². The van der Waals surface area contributed by atoms with Crippen LogP contribution >= 0.6 is 11.6 Å². The molecular weight excluding hydrogens is 294 g/mol. The van der Waals surface area contributed by atoms with Gasteiger partial charge in [0.1, 0.15) is 17.3 Å². The van der Waals surface area contributed by atoms with Gasteiger partial charge in [0.05, 0.1) is 21.1 Å². The van der Waals surface area contributed by atoms with Gasteiger partial charge >= 0.3 is 0 Å². The number of nitro benzene ring substituents is 1. The van der Waals surface area contributed by atoms with E-state index in [1.165, 1.54) is 12.1 Å². The van der Waals surface area contributed by atoms with Crippen LogP contribution in [0.15, 0.2) is 36.4 Å². The lowest BCUT2D eigenvalue weighted by Crippen LogP contribution is -2.13. The Balaban J connectivity index is 2.49. The number of hydrogen-bond donors (Lipinski definition) is 2. The fraction of sp³-hybridized carbons (Fsp3) is 0.0714. The van der Waals surface area contributed by atoms with Crippen LogP contribution in [0.1, 0.15) is 11.1 Å². The summed E-state index contributed by atoms with van der Waals surface area (Å²) in [5.74, 6) is 0.353. The van der Waals surface area contributed by atoms with Crippen LogP contribution in [0.4, 0.5) is 5.69 Å². The minimum absolute atomic E-state index is 0.0427. The number of halogens is 1. The lowest BCUT2D eigenvalue weighted by atomic mass is 10.1. The van der Waals surface area contributed by atoms with Gasteiger partial charge in [-0.1, -0.05) is 23.7 Å². The van der Waals surface area contributed by atoms with Gasteiger partial charge in [-0.05, 0) is 25.1 Å². The summed E-state index contributed by atoms with van der Waals surface area (Å²) in [7, 11) is 0. The third-order valence-electron chi connectivity index (χ3n) is 2.92. The summed E-state index contributed by atoms with van der Waals surface area (Å²) in [6.45, 7) is 1.59.